The maximum absolute atomic E-state index is 12.2. The fraction of sp³-hybridized carbons (Fsp3) is 0.455. The highest BCUT2D eigenvalue weighted by molar-refractivity contribution is 14.0. The molecule has 0 spiro atoms. The molecule has 1 saturated heterocycles. The number of carbonyl (C=O) groups excluding carboxylic acids is 1. The molecule has 30 heavy (non-hydrogen) atoms. The van der Waals surface area contributed by atoms with Gasteiger partial charge in [-0.05, 0) is 48.6 Å². The van der Waals surface area contributed by atoms with Crippen LogP contribution in [0, 0.1) is 0 Å². The first-order chi connectivity index (χ1) is 14.2. The maximum atomic E-state index is 12.2. The SMILES string of the molecule is CCCNC(=O)c1cccc(CN=C(NCC)N2CCN(c3cccs3)CC2)c1.I. The van der Waals surface area contributed by atoms with Crippen LogP contribution in [-0.2, 0) is 6.54 Å². The Labute approximate surface area is 200 Å². The number of thiophene rings is 1. The molecule has 2 aromatic rings. The Kier molecular flexibility index (Phi) is 10.4. The second-order valence-corrected chi connectivity index (χ2v) is 7.98. The number of piperazine rings is 1. The fourth-order valence-electron chi connectivity index (χ4n) is 3.33. The molecule has 0 radical (unpaired) electrons. The van der Waals surface area contributed by atoms with Crippen molar-refractivity contribution in [3.8, 4) is 0 Å². The van der Waals surface area contributed by atoms with E-state index in [2.05, 4.69) is 44.9 Å². The summed E-state index contributed by atoms with van der Waals surface area (Å²) in [5.74, 6) is 0.924. The molecule has 0 saturated carbocycles. The lowest BCUT2D eigenvalue weighted by Crippen LogP contribution is -2.52. The van der Waals surface area contributed by atoms with Crippen molar-refractivity contribution in [1.29, 1.82) is 0 Å². The number of guanidine groups is 1. The molecule has 8 heteroatoms. The minimum Gasteiger partial charge on any atom is -0.360 e. The Bertz CT molecular complexity index is 804. The van der Waals surface area contributed by atoms with Gasteiger partial charge in [0.2, 0.25) is 0 Å². The van der Waals surface area contributed by atoms with Crippen molar-refractivity contribution >= 4 is 52.2 Å². The van der Waals surface area contributed by atoms with E-state index < -0.39 is 0 Å². The van der Waals surface area contributed by atoms with E-state index in [9.17, 15) is 4.79 Å². The first-order valence-electron chi connectivity index (χ1n) is 10.4. The van der Waals surface area contributed by atoms with E-state index in [0.29, 0.717) is 18.7 Å². The van der Waals surface area contributed by atoms with Crippen molar-refractivity contribution in [3.05, 3.63) is 52.9 Å². The third kappa shape index (κ3) is 6.87. The highest BCUT2D eigenvalue weighted by Gasteiger charge is 2.20. The first-order valence-corrected chi connectivity index (χ1v) is 11.3. The third-order valence-corrected chi connectivity index (χ3v) is 5.80. The zero-order chi connectivity index (χ0) is 20.5. The van der Waals surface area contributed by atoms with Gasteiger partial charge in [-0.2, -0.15) is 0 Å². The molecule has 1 fully saturated rings. The Balaban J connectivity index is 0.00000320. The second kappa shape index (κ2) is 12.8. The molecule has 2 heterocycles. The smallest absolute Gasteiger partial charge is 0.251 e. The van der Waals surface area contributed by atoms with Gasteiger partial charge in [-0.25, -0.2) is 4.99 Å². The van der Waals surface area contributed by atoms with Crippen LogP contribution < -0.4 is 15.5 Å². The molecule has 0 aliphatic carbocycles. The number of benzene rings is 1. The van der Waals surface area contributed by atoms with Gasteiger partial charge in [-0.1, -0.05) is 19.1 Å². The van der Waals surface area contributed by atoms with Gasteiger partial charge in [0.1, 0.15) is 0 Å². The van der Waals surface area contributed by atoms with E-state index in [4.69, 9.17) is 4.99 Å². The molecular formula is C22H32IN5OS. The lowest BCUT2D eigenvalue weighted by Gasteiger charge is -2.37. The molecule has 6 nitrogen and oxygen atoms in total. The summed E-state index contributed by atoms with van der Waals surface area (Å²) >= 11 is 1.79. The molecule has 1 aliphatic heterocycles. The number of halogens is 1. The van der Waals surface area contributed by atoms with Gasteiger partial charge in [0.05, 0.1) is 11.5 Å². The predicted molar refractivity (Wildman–Crippen MR) is 137 cm³/mol. The molecule has 1 amide bonds. The highest BCUT2D eigenvalue weighted by Crippen LogP contribution is 2.22. The molecule has 3 rings (SSSR count). The third-order valence-electron chi connectivity index (χ3n) is 4.87. The average molecular weight is 542 g/mol. The minimum absolute atomic E-state index is 0. The number of rotatable bonds is 7. The monoisotopic (exact) mass is 541 g/mol. The van der Waals surface area contributed by atoms with E-state index in [1.54, 1.807) is 11.3 Å². The Morgan fingerprint density at radius 2 is 1.90 bits per heavy atom. The standard InChI is InChI=1S/C22H31N5OS.HI/c1-3-10-24-21(28)19-8-5-7-18(16-19)17-25-22(23-4-2)27-13-11-26(12-14-27)20-9-6-15-29-20;/h5-9,15-16H,3-4,10-14,17H2,1-2H3,(H,23,25)(H,24,28);1H. The zero-order valence-corrected chi connectivity index (χ0v) is 20.9. The van der Waals surface area contributed by atoms with E-state index in [0.717, 1.165) is 50.7 Å². The number of aliphatic imine (C=N–C) groups is 1. The van der Waals surface area contributed by atoms with E-state index in [1.807, 2.05) is 31.2 Å². The molecule has 1 aliphatic rings. The number of nitrogens with zero attached hydrogens (tertiary/aromatic N) is 3. The molecule has 0 unspecified atom stereocenters. The Hall–Kier alpha value is -1.81. The van der Waals surface area contributed by atoms with Crippen LogP contribution in [0.25, 0.3) is 0 Å². The van der Waals surface area contributed by atoms with Crippen LogP contribution in [0.2, 0.25) is 0 Å². The van der Waals surface area contributed by atoms with Crippen molar-refractivity contribution in [2.24, 2.45) is 4.99 Å². The molecule has 1 aromatic carbocycles. The van der Waals surface area contributed by atoms with E-state index >= 15 is 0 Å². The van der Waals surface area contributed by atoms with E-state index in [-0.39, 0.29) is 29.9 Å². The Morgan fingerprint density at radius 3 is 2.57 bits per heavy atom. The maximum Gasteiger partial charge on any atom is 0.251 e. The number of amides is 1. The van der Waals surface area contributed by atoms with Crippen molar-refractivity contribution in [3.63, 3.8) is 0 Å². The summed E-state index contributed by atoms with van der Waals surface area (Å²) in [6.45, 7) is 10.1. The predicted octanol–water partition coefficient (Wildman–Crippen LogP) is 3.79. The van der Waals surface area contributed by atoms with Crippen LogP contribution in [0.5, 0.6) is 0 Å². The van der Waals surface area contributed by atoms with Gasteiger partial charge in [-0.3, -0.25) is 4.79 Å². The molecule has 2 N–H and O–H groups in total. The van der Waals surface area contributed by atoms with Gasteiger partial charge in [0.15, 0.2) is 5.96 Å². The molecule has 1 aromatic heterocycles. The number of anilines is 1. The second-order valence-electron chi connectivity index (χ2n) is 7.05. The number of hydrogen-bond acceptors (Lipinski definition) is 4. The van der Waals surface area contributed by atoms with Gasteiger partial charge >= 0.3 is 0 Å². The first kappa shape index (κ1) is 24.5. The normalized spacial score (nSPS) is 14.3. The van der Waals surface area contributed by atoms with Crippen molar-refractivity contribution in [2.75, 3.05) is 44.2 Å². The van der Waals surface area contributed by atoms with Crippen LogP contribution in [0.4, 0.5) is 5.00 Å². The fourth-order valence-corrected chi connectivity index (χ4v) is 4.12. The highest BCUT2D eigenvalue weighted by atomic mass is 127. The largest absolute Gasteiger partial charge is 0.360 e. The summed E-state index contributed by atoms with van der Waals surface area (Å²) < 4.78 is 0. The summed E-state index contributed by atoms with van der Waals surface area (Å²) in [6.07, 6.45) is 0.932. The van der Waals surface area contributed by atoms with Crippen LogP contribution in [0.15, 0.2) is 46.8 Å². The minimum atomic E-state index is -0.0192. The zero-order valence-electron chi connectivity index (χ0n) is 17.8. The molecule has 164 valence electrons. The average Bonchev–Trinajstić information content (AvgIpc) is 3.30. The number of hydrogen-bond donors (Lipinski definition) is 2. The summed E-state index contributed by atoms with van der Waals surface area (Å²) in [4.78, 5) is 21.8. The number of carbonyl (C=O) groups is 1. The van der Waals surface area contributed by atoms with Crippen molar-refractivity contribution in [2.45, 2.75) is 26.8 Å². The van der Waals surface area contributed by atoms with Gasteiger partial charge < -0.3 is 20.4 Å². The molecule has 0 atom stereocenters. The molecular weight excluding hydrogens is 509 g/mol. The number of nitrogens with one attached hydrogen (secondary N) is 2. The lowest BCUT2D eigenvalue weighted by molar-refractivity contribution is 0.0953. The van der Waals surface area contributed by atoms with Crippen molar-refractivity contribution < 1.29 is 4.79 Å². The van der Waals surface area contributed by atoms with Crippen LogP contribution in [0.3, 0.4) is 0 Å². The van der Waals surface area contributed by atoms with Gasteiger partial charge in [0, 0.05) is 44.8 Å². The Morgan fingerprint density at radius 1 is 1.10 bits per heavy atom. The van der Waals surface area contributed by atoms with Crippen LogP contribution in [0.1, 0.15) is 36.2 Å². The van der Waals surface area contributed by atoms with Crippen molar-refractivity contribution in [1.82, 2.24) is 15.5 Å². The van der Waals surface area contributed by atoms with Gasteiger partial charge in [0.25, 0.3) is 5.91 Å². The van der Waals surface area contributed by atoms with Gasteiger partial charge in [-0.15, -0.1) is 35.3 Å². The molecule has 0 bridgehead atoms. The quantitative estimate of drug-likeness (QED) is 0.318. The summed E-state index contributed by atoms with van der Waals surface area (Å²) in [6, 6.07) is 12.0. The summed E-state index contributed by atoms with van der Waals surface area (Å²) in [5.41, 5.74) is 1.74. The van der Waals surface area contributed by atoms with Crippen LogP contribution in [-0.4, -0.2) is 56.0 Å². The van der Waals surface area contributed by atoms with Crippen LogP contribution >= 0.6 is 35.3 Å². The summed E-state index contributed by atoms with van der Waals surface area (Å²) in [7, 11) is 0. The lowest BCUT2D eigenvalue weighted by atomic mass is 10.1. The van der Waals surface area contributed by atoms with E-state index in [1.165, 1.54) is 5.00 Å². The topological polar surface area (TPSA) is 60.0 Å². The summed E-state index contributed by atoms with van der Waals surface area (Å²) in [5, 5.41) is 9.81.